The Bertz CT molecular complexity index is 750. The maximum absolute atomic E-state index is 12.6. The summed E-state index contributed by atoms with van der Waals surface area (Å²) in [6.07, 6.45) is -0.0297. The van der Waals surface area contributed by atoms with Gasteiger partial charge in [-0.2, -0.15) is 0 Å². The van der Waals surface area contributed by atoms with Crippen molar-refractivity contribution in [2.75, 3.05) is 19.6 Å². The van der Waals surface area contributed by atoms with E-state index in [9.17, 15) is 44.1 Å². The quantitative estimate of drug-likeness (QED) is 0.144. The number of amides is 1. The predicted octanol–water partition coefficient (Wildman–Crippen LogP) is 0.425. The molecular weight excluding hydrogens is 456 g/mol. The summed E-state index contributed by atoms with van der Waals surface area (Å²) in [6, 6.07) is -1.39. The number of carbonyl (C=O) groups excluding carboxylic acids is 1. The van der Waals surface area contributed by atoms with Crippen molar-refractivity contribution in [3.8, 4) is 0 Å². The fraction of sp³-hybridized carbons (Fsp3) is 0.714. The van der Waals surface area contributed by atoms with Crippen molar-refractivity contribution in [2.24, 2.45) is 17.3 Å². The topological polar surface area (TPSA) is 219 Å². The third-order valence-corrected chi connectivity index (χ3v) is 5.47. The Morgan fingerprint density at radius 2 is 1.32 bits per heavy atom. The Kier molecular flexibility index (Phi) is 12.8. The number of carboxylic acids is 5. The van der Waals surface area contributed by atoms with Crippen molar-refractivity contribution in [3.63, 3.8) is 0 Å². The molecule has 0 aliphatic carbocycles. The molecule has 0 rings (SSSR count). The summed E-state index contributed by atoms with van der Waals surface area (Å²) in [5.41, 5.74) is -1.16. The fourth-order valence-corrected chi connectivity index (χ4v) is 3.59. The largest absolute Gasteiger partial charge is 0.481 e. The molecule has 3 atom stereocenters. The van der Waals surface area contributed by atoms with Crippen LogP contribution >= 0.6 is 0 Å². The number of carboxylic acid groups (broad SMARTS) is 5. The number of rotatable bonds is 18. The minimum absolute atomic E-state index is 0.00945. The van der Waals surface area contributed by atoms with Crippen LogP contribution in [0.3, 0.4) is 0 Å². The van der Waals surface area contributed by atoms with Crippen molar-refractivity contribution in [1.82, 2.24) is 10.2 Å². The molecule has 13 heteroatoms. The van der Waals surface area contributed by atoms with E-state index in [0.29, 0.717) is 0 Å². The summed E-state index contributed by atoms with van der Waals surface area (Å²) >= 11 is 0. The number of nitrogens with zero attached hydrogens (tertiary/aromatic N) is 1. The normalized spacial score (nSPS) is 14.1. The Balaban J connectivity index is 5.03. The van der Waals surface area contributed by atoms with Gasteiger partial charge in [0.15, 0.2) is 0 Å². The van der Waals surface area contributed by atoms with Crippen molar-refractivity contribution in [1.29, 1.82) is 0 Å². The molecule has 13 nitrogen and oxygen atoms in total. The minimum Gasteiger partial charge on any atom is -0.481 e. The first-order chi connectivity index (χ1) is 15.6. The molecule has 1 amide bonds. The molecule has 0 bridgehead atoms. The molecular formula is C21H34N2O11. The highest BCUT2D eigenvalue weighted by Crippen LogP contribution is 2.30. The smallest absolute Gasteiger partial charge is 0.320 e. The first kappa shape index (κ1) is 30.8. The molecule has 0 radical (unpaired) electrons. The number of hydrogen-bond acceptors (Lipinski definition) is 7. The number of aliphatic carboxylic acids is 5. The second-order valence-electron chi connectivity index (χ2n) is 8.75. The lowest BCUT2D eigenvalue weighted by Gasteiger charge is -2.28. The monoisotopic (exact) mass is 490 g/mol. The molecule has 0 aliphatic heterocycles. The van der Waals surface area contributed by atoms with Gasteiger partial charge in [-0.15, -0.1) is 0 Å². The van der Waals surface area contributed by atoms with Crippen LogP contribution in [0.15, 0.2) is 0 Å². The third-order valence-electron chi connectivity index (χ3n) is 5.47. The Hall–Kier alpha value is -3.22. The first-order valence-electron chi connectivity index (χ1n) is 10.8. The summed E-state index contributed by atoms with van der Waals surface area (Å²) in [7, 11) is 0. The van der Waals surface area contributed by atoms with Gasteiger partial charge >= 0.3 is 29.8 Å². The molecule has 0 fully saturated rings. The minimum atomic E-state index is -1.40. The van der Waals surface area contributed by atoms with Crippen molar-refractivity contribution in [2.45, 2.75) is 58.9 Å². The van der Waals surface area contributed by atoms with Crippen LogP contribution in [0, 0.1) is 17.3 Å². The maximum Gasteiger partial charge on any atom is 0.320 e. The molecule has 0 aromatic rings. The van der Waals surface area contributed by atoms with Gasteiger partial charge in [0.05, 0.1) is 24.9 Å². The van der Waals surface area contributed by atoms with Gasteiger partial charge in [0.25, 0.3) is 0 Å². The zero-order chi connectivity index (χ0) is 26.6. The van der Waals surface area contributed by atoms with Gasteiger partial charge in [-0.1, -0.05) is 20.8 Å². The molecule has 194 valence electrons. The van der Waals surface area contributed by atoms with E-state index in [1.807, 2.05) is 0 Å². The molecule has 0 heterocycles. The number of nitrogens with one attached hydrogen (secondary N) is 1. The average Bonchev–Trinajstić information content (AvgIpc) is 2.68. The Labute approximate surface area is 196 Å². The van der Waals surface area contributed by atoms with Crippen LogP contribution in [-0.2, 0) is 28.8 Å². The SMILES string of the molecule is CCC(CC(CC(C)(C)C(=O)NCCCC(C(=O)O)N(CC(=O)O)CC(=O)O)C(=O)O)C(=O)O. The Morgan fingerprint density at radius 3 is 1.71 bits per heavy atom. The van der Waals surface area contributed by atoms with Crippen molar-refractivity contribution in [3.05, 3.63) is 0 Å². The summed E-state index contributed by atoms with van der Waals surface area (Å²) in [5.74, 6) is -8.91. The van der Waals surface area contributed by atoms with Crippen LogP contribution in [0.25, 0.3) is 0 Å². The lowest BCUT2D eigenvalue weighted by Crippen LogP contribution is -2.47. The van der Waals surface area contributed by atoms with Crippen molar-refractivity contribution >= 4 is 35.8 Å². The second kappa shape index (κ2) is 14.1. The predicted molar refractivity (Wildman–Crippen MR) is 116 cm³/mol. The van der Waals surface area contributed by atoms with Crippen LogP contribution in [0.5, 0.6) is 0 Å². The van der Waals surface area contributed by atoms with Gasteiger partial charge < -0.3 is 30.8 Å². The van der Waals surface area contributed by atoms with Gasteiger partial charge in [-0.05, 0) is 32.1 Å². The second-order valence-corrected chi connectivity index (χ2v) is 8.75. The van der Waals surface area contributed by atoms with E-state index in [0.717, 1.165) is 4.90 Å². The van der Waals surface area contributed by atoms with Crippen LogP contribution in [-0.4, -0.2) is 91.9 Å². The summed E-state index contributed by atoms with van der Waals surface area (Å²) < 4.78 is 0. The third kappa shape index (κ3) is 11.1. The molecule has 0 saturated heterocycles. The highest BCUT2D eigenvalue weighted by atomic mass is 16.4. The lowest BCUT2D eigenvalue weighted by molar-refractivity contribution is -0.151. The first-order valence-corrected chi connectivity index (χ1v) is 10.8. The van der Waals surface area contributed by atoms with Crippen LogP contribution in [0.2, 0.25) is 0 Å². The maximum atomic E-state index is 12.6. The average molecular weight is 491 g/mol. The number of carbonyl (C=O) groups is 6. The molecule has 0 aromatic heterocycles. The molecule has 0 saturated carbocycles. The highest BCUT2D eigenvalue weighted by Gasteiger charge is 2.36. The van der Waals surface area contributed by atoms with Gasteiger partial charge in [-0.25, -0.2) is 0 Å². The molecule has 34 heavy (non-hydrogen) atoms. The molecule has 0 aliphatic rings. The van der Waals surface area contributed by atoms with E-state index in [-0.39, 0.29) is 38.6 Å². The zero-order valence-corrected chi connectivity index (χ0v) is 19.5. The summed E-state index contributed by atoms with van der Waals surface area (Å²) in [4.78, 5) is 69.7. The molecule has 0 aromatic carbocycles. The van der Waals surface area contributed by atoms with Gasteiger partial charge in [-0.3, -0.25) is 33.7 Å². The highest BCUT2D eigenvalue weighted by molar-refractivity contribution is 5.83. The number of hydrogen-bond donors (Lipinski definition) is 6. The van der Waals surface area contributed by atoms with Crippen LogP contribution < -0.4 is 5.32 Å². The fourth-order valence-electron chi connectivity index (χ4n) is 3.59. The van der Waals surface area contributed by atoms with Crippen LogP contribution in [0.1, 0.15) is 52.9 Å². The van der Waals surface area contributed by atoms with Gasteiger partial charge in [0.2, 0.25) is 5.91 Å². The zero-order valence-electron chi connectivity index (χ0n) is 19.5. The molecule has 3 unspecified atom stereocenters. The van der Waals surface area contributed by atoms with E-state index in [1.165, 1.54) is 13.8 Å². The summed E-state index contributed by atoms with van der Waals surface area (Å²) in [5, 5.41) is 48.5. The van der Waals surface area contributed by atoms with E-state index in [4.69, 9.17) is 10.2 Å². The standard InChI is InChI=1S/C21H34N2O11/c1-4-12(17(28)29)8-13(18(30)31)9-21(2,3)20(34)22-7-5-6-14(19(32)33)23(10-15(24)25)11-16(26)27/h12-14H,4-11H2,1-3H3,(H,22,34)(H,24,25)(H,26,27)(H,28,29)(H,30,31)(H,32,33). The van der Waals surface area contributed by atoms with E-state index in [2.05, 4.69) is 5.32 Å². The Morgan fingerprint density at radius 1 is 0.824 bits per heavy atom. The van der Waals surface area contributed by atoms with E-state index >= 15 is 0 Å². The van der Waals surface area contributed by atoms with Gasteiger partial charge in [0, 0.05) is 12.0 Å². The van der Waals surface area contributed by atoms with Gasteiger partial charge in [0.1, 0.15) is 6.04 Å². The summed E-state index contributed by atoms with van der Waals surface area (Å²) in [6.45, 7) is 3.09. The molecule has 0 spiro atoms. The van der Waals surface area contributed by atoms with Crippen molar-refractivity contribution < 1.29 is 54.3 Å². The molecule has 6 N–H and O–H groups in total. The van der Waals surface area contributed by atoms with E-state index < -0.39 is 72.1 Å². The van der Waals surface area contributed by atoms with E-state index in [1.54, 1.807) is 6.92 Å². The van der Waals surface area contributed by atoms with Crippen LogP contribution in [0.4, 0.5) is 0 Å². The lowest BCUT2D eigenvalue weighted by atomic mass is 9.78.